The Morgan fingerprint density at radius 3 is 2.52 bits per heavy atom. The molecule has 0 bridgehead atoms. The summed E-state index contributed by atoms with van der Waals surface area (Å²) < 4.78 is 0. The number of aromatic nitrogens is 1. The summed E-state index contributed by atoms with van der Waals surface area (Å²) in [5, 5.41) is 6.43. The predicted octanol–water partition coefficient (Wildman–Crippen LogP) is 3.07. The van der Waals surface area contributed by atoms with Crippen LogP contribution in [0.4, 0.5) is 0 Å². The van der Waals surface area contributed by atoms with E-state index in [0.717, 1.165) is 16.5 Å². The van der Waals surface area contributed by atoms with Crippen molar-refractivity contribution >= 4 is 28.8 Å². The number of hydrogen-bond acceptors (Lipinski definition) is 2. The molecule has 2 aromatic carbocycles. The van der Waals surface area contributed by atoms with Crippen molar-refractivity contribution in [1.82, 2.24) is 15.6 Å². The molecule has 0 saturated carbocycles. The highest BCUT2D eigenvalue weighted by Crippen LogP contribution is 2.20. The summed E-state index contributed by atoms with van der Waals surface area (Å²) >= 11 is 0. The molecule has 0 unspecified atom stereocenters. The molecule has 0 atom stereocenters. The van der Waals surface area contributed by atoms with Gasteiger partial charge in [0.05, 0.1) is 0 Å². The Bertz CT molecular complexity index is 926. The average molecular weight is 333 g/mol. The second kappa shape index (κ2) is 7.49. The van der Waals surface area contributed by atoms with Crippen LogP contribution in [-0.2, 0) is 4.79 Å². The molecule has 1 aromatic heterocycles. The Morgan fingerprint density at radius 2 is 1.76 bits per heavy atom. The van der Waals surface area contributed by atoms with Gasteiger partial charge >= 0.3 is 0 Å². The molecule has 2 amide bonds. The van der Waals surface area contributed by atoms with Crippen LogP contribution in [0.2, 0.25) is 0 Å². The van der Waals surface area contributed by atoms with Gasteiger partial charge in [-0.05, 0) is 31.2 Å². The molecule has 3 rings (SSSR count). The summed E-state index contributed by atoms with van der Waals surface area (Å²) in [4.78, 5) is 27.9. The number of rotatable bonds is 5. The van der Waals surface area contributed by atoms with Gasteiger partial charge in [-0.25, -0.2) is 0 Å². The number of aromatic amines is 1. The van der Waals surface area contributed by atoms with Gasteiger partial charge in [0.25, 0.3) is 11.8 Å². The maximum atomic E-state index is 12.4. The van der Waals surface area contributed by atoms with Crippen molar-refractivity contribution in [3.8, 4) is 0 Å². The fraction of sp³-hybridized carbons (Fsp3) is 0.100. The number of amides is 2. The molecular weight excluding hydrogens is 314 g/mol. The Kier molecular flexibility index (Phi) is 4.95. The standard InChI is InChI=1S/C20H19N3O2/c1-2-21-20(25)18(23-19(24)14-8-4-3-5-9-14)12-15-13-22-17-11-7-6-10-16(15)17/h3-13,22H,2H2,1H3,(H,21,25)(H,23,24). The van der Waals surface area contributed by atoms with E-state index >= 15 is 0 Å². The van der Waals surface area contributed by atoms with Crippen LogP contribution in [0.5, 0.6) is 0 Å². The molecular formula is C20H19N3O2. The minimum atomic E-state index is -0.322. The molecule has 0 aliphatic carbocycles. The lowest BCUT2D eigenvalue weighted by atomic mass is 10.1. The molecule has 0 radical (unpaired) electrons. The number of carbonyl (C=O) groups is 2. The van der Waals surface area contributed by atoms with Crippen LogP contribution in [0, 0.1) is 0 Å². The third-order valence-corrected chi connectivity index (χ3v) is 3.79. The van der Waals surface area contributed by atoms with Crippen molar-refractivity contribution in [2.75, 3.05) is 6.54 Å². The molecule has 0 saturated heterocycles. The molecule has 0 fully saturated rings. The van der Waals surface area contributed by atoms with Crippen molar-refractivity contribution in [3.05, 3.63) is 77.6 Å². The Labute approximate surface area is 145 Å². The number of H-pyrrole nitrogens is 1. The summed E-state index contributed by atoms with van der Waals surface area (Å²) in [6.07, 6.45) is 3.50. The molecule has 0 aliphatic rings. The first-order valence-electron chi connectivity index (χ1n) is 8.11. The number of nitrogens with one attached hydrogen (secondary N) is 3. The van der Waals surface area contributed by atoms with Crippen LogP contribution in [0.3, 0.4) is 0 Å². The Hall–Kier alpha value is -3.34. The van der Waals surface area contributed by atoms with E-state index in [9.17, 15) is 9.59 Å². The minimum absolute atomic E-state index is 0.209. The molecule has 3 N–H and O–H groups in total. The second-order valence-electron chi connectivity index (χ2n) is 5.53. The largest absolute Gasteiger partial charge is 0.361 e. The minimum Gasteiger partial charge on any atom is -0.361 e. The summed E-state index contributed by atoms with van der Waals surface area (Å²) in [7, 11) is 0. The van der Waals surface area contributed by atoms with Gasteiger partial charge in [-0.2, -0.15) is 0 Å². The first-order valence-corrected chi connectivity index (χ1v) is 8.11. The normalized spacial score (nSPS) is 11.3. The van der Waals surface area contributed by atoms with Crippen LogP contribution in [-0.4, -0.2) is 23.3 Å². The van der Waals surface area contributed by atoms with Crippen LogP contribution in [0.15, 0.2) is 66.5 Å². The van der Waals surface area contributed by atoms with E-state index in [0.29, 0.717) is 12.1 Å². The monoisotopic (exact) mass is 333 g/mol. The van der Waals surface area contributed by atoms with E-state index in [1.54, 1.807) is 30.3 Å². The van der Waals surface area contributed by atoms with Gasteiger partial charge in [0.1, 0.15) is 5.70 Å². The van der Waals surface area contributed by atoms with E-state index in [-0.39, 0.29) is 17.5 Å². The quantitative estimate of drug-likeness (QED) is 0.628. The van der Waals surface area contributed by atoms with Gasteiger partial charge in [-0.3, -0.25) is 9.59 Å². The zero-order chi connectivity index (χ0) is 17.6. The maximum absolute atomic E-state index is 12.4. The number of para-hydroxylation sites is 1. The average Bonchev–Trinajstić information content (AvgIpc) is 3.05. The number of hydrogen-bond donors (Lipinski definition) is 3. The highest BCUT2D eigenvalue weighted by molar-refractivity contribution is 6.06. The lowest BCUT2D eigenvalue weighted by molar-refractivity contribution is -0.117. The zero-order valence-electron chi connectivity index (χ0n) is 13.9. The smallest absolute Gasteiger partial charge is 0.267 e. The molecule has 5 heteroatoms. The Morgan fingerprint density at radius 1 is 1.04 bits per heavy atom. The first-order chi connectivity index (χ1) is 12.2. The third-order valence-electron chi connectivity index (χ3n) is 3.79. The van der Waals surface area contributed by atoms with E-state index < -0.39 is 0 Å². The van der Waals surface area contributed by atoms with Crippen molar-refractivity contribution in [3.63, 3.8) is 0 Å². The second-order valence-corrected chi connectivity index (χ2v) is 5.53. The highest BCUT2D eigenvalue weighted by Gasteiger charge is 2.14. The molecule has 126 valence electrons. The van der Waals surface area contributed by atoms with Gasteiger partial charge < -0.3 is 15.6 Å². The summed E-state index contributed by atoms with van der Waals surface area (Å²) in [5.74, 6) is -0.644. The molecule has 5 nitrogen and oxygen atoms in total. The van der Waals surface area contributed by atoms with Crippen LogP contribution < -0.4 is 10.6 Å². The summed E-state index contributed by atoms with van der Waals surface area (Å²) in [6.45, 7) is 2.31. The van der Waals surface area contributed by atoms with Gasteiger partial charge in [-0.15, -0.1) is 0 Å². The molecule has 25 heavy (non-hydrogen) atoms. The Balaban J connectivity index is 1.94. The van der Waals surface area contributed by atoms with Crippen molar-refractivity contribution < 1.29 is 9.59 Å². The fourth-order valence-electron chi connectivity index (χ4n) is 2.57. The molecule has 3 aromatic rings. The third kappa shape index (κ3) is 3.77. The van der Waals surface area contributed by atoms with Crippen LogP contribution in [0.1, 0.15) is 22.8 Å². The zero-order valence-corrected chi connectivity index (χ0v) is 13.9. The lowest BCUT2D eigenvalue weighted by Crippen LogP contribution is -2.34. The molecule has 0 spiro atoms. The summed E-state index contributed by atoms with van der Waals surface area (Å²) in [6, 6.07) is 16.6. The van der Waals surface area contributed by atoms with Gasteiger partial charge in [0, 0.05) is 34.8 Å². The predicted molar refractivity (Wildman–Crippen MR) is 98.9 cm³/mol. The topological polar surface area (TPSA) is 74.0 Å². The van der Waals surface area contributed by atoms with Crippen molar-refractivity contribution in [1.29, 1.82) is 0 Å². The van der Waals surface area contributed by atoms with Crippen molar-refractivity contribution in [2.24, 2.45) is 0 Å². The van der Waals surface area contributed by atoms with Gasteiger partial charge in [0.15, 0.2) is 0 Å². The molecule has 0 aliphatic heterocycles. The number of fused-ring (bicyclic) bond motifs is 1. The number of carbonyl (C=O) groups excluding carboxylic acids is 2. The van der Waals surface area contributed by atoms with E-state index in [4.69, 9.17) is 0 Å². The van der Waals surface area contributed by atoms with Crippen LogP contribution >= 0.6 is 0 Å². The molecule has 1 heterocycles. The SMILES string of the molecule is CCNC(=O)C(=Cc1c[nH]c2ccccc12)NC(=O)c1ccccc1. The number of benzene rings is 2. The van der Waals surface area contributed by atoms with E-state index in [2.05, 4.69) is 15.6 Å². The van der Waals surface area contributed by atoms with Gasteiger partial charge in [0.2, 0.25) is 0 Å². The van der Waals surface area contributed by atoms with Crippen LogP contribution in [0.25, 0.3) is 17.0 Å². The summed E-state index contributed by atoms with van der Waals surface area (Å²) in [5.41, 5.74) is 2.51. The lowest BCUT2D eigenvalue weighted by Gasteiger charge is -2.10. The van der Waals surface area contributed by atoms with Gasteiger partial charge in [-0.1, -0.05) is 36.4 Å². The number of likely N-dealkylation sites (N-methyl/N-ethyl adjacent to an activating group) is 1. The van der Waals surface area contributed by atoms with E-state index in [1.165, 1.54) is 0 Å². The fourth-order valence-corrected chi connectivity index (χ4v) is 2.57. The van der Waals surface area contributed by atoms with E-state index in [1.807, 2.05) is 43.5 Å². The van der Waals surface area contributed by atoms with Crippen molar-refractivity contribution in [2.45, 2.75) is 6.92 Å². The maximum Gasteiger partial charge on any atom is 0.267 e. The first kappa shape index (κ1) is 16.5. The highest BCUT2D eigenvalue weighted by atomic mass is 16.2.